The van der Waals surface area contributed by atoms with E-state index in [1.54, 1.807) is 7.11 Å². The van der Waals surface area contributed by atoms with E-state index in [0.717, 1.165) is 20.9 Å². The first kappa shape index (κ1) is 14.7. The zero-order valence-corrected chi connectivity index (χ0v) is 14.1. The molecule has 0 spiro atoms. The van der Waals surface area contributed by atoms with Gasteiger partial charge in [-0.2, -0.15) is 0 Å². The average Bonchev–Trinajstić information content (AvgIpc) is 3.33. The van der Waals surface area contributed by atoms with Crippen LogP contribution in [0.5, 0.6) is 5.75 Å². The fourth-order valence-electron chi connectivity index (χ4n) is 2.48. The molecule has 0 amide bonds. The lowest BCUT2D eigenvalue weighted by Crippen LogP contribution is -2.12. The van der Waals surface area contributed by atoms with Gasteiger partial charge in [-0.05, 0) is 70.6 Å². The molecule has 0 heterocycles. The van der Waals surface area contributed by atoms with Crippen LogP contribution in [0.15, 0.2) is 46.9 Å². The molecule has 2 aromatic carbocycles. The fraction of sp³-hybridized carbons (Fsp3) is 0.294. The van der Waals surface area contributed by atoms with Crippen molar-refractivity contribution in [3.8, 4) is 5.75 Å². The smallest absolute Gasteiger partial charge is 0.118 e. The van der Waals surface area contributed by atoms with Crippen LogP contribution in [0, 0.1) is 5.92 Å². The molecule has 1 aliphatic rings. The molecule has 1 atom stereocenters. The molecule has 2 nitrogen and oxygen atoms in total. The van der Waals surface area contributed by atoms with Crippen molar-refractivity contribution in [2.45, 2.75) is 18.9 Å². The predicted octanol–water partition coefficient (Wildman–Crippen LogP) is 5.67. The summed E-state index contributed by atoms with van der Waals surface area (Å²) in [4.78, 5) is 0. The molecule has 0 bridgehead atoms. The third-order valence-electron chi connectivity index (χ3n) is 3.81. The van der Waals surface area contributed by atoms with Crippen LogP contribution in [0.4, 0.5) is 5.69 Å². The van der Waals surface area contributed by atoms with Gasteiger partial charge >= 0.3 is 0 Å². The van der Waals surface area contributed by atoms with E-state index in [1.807, 2.05) is 24.3 Å². The molecule has 0 radical (unpaired) electrons. The topological polar surface area (TPSA) is 21.3 Å². The van der Waals surface area contributed by atoms with E-state index >= 15 is 0 Å². The molecule has 1 saturated carbocycles. The molecular weight excluding hydrogens is 350 g/mol. The monoisotopic (exact) mass is 365 g/mol. The number of hydrogen-bond acceptors (Lipinski definition) is 2. The molecule has 1 N–H and O–H groups in total. The molecule has 110 valence electrons. The van der Waals surface area contributed by atoms with Gasteiger partial charge in [0.25, 0.3) is 0 Å². The van der Waals surface area contributed by atoms with Gasteiger partial charge in [-0.1, -0.05) is 23.7 Å². The average molecular weight is 367 g/mol. The van der Waals surface area contributed by atoms with Crippen molar-refractivity contribution in [3.63, 3.8) is 0 Å². The van der Waals surface area contributed by atoms with Crippen LogP contribution < -0.4 is 10.1 Å². The maximum Gasteiger partial charge on any atom is 0.118 e. The minimum absolute atomic E-state index is 0.327. The molecule has 3 rings (SSSR count). The van der Waals surface area contributed by atoms with Gasteiger partial charge in [0.1, 0.15) is 5.75 Å². The lowest BCUT2D eigenvalue weighted by atomic mass is 10.0. The van der Waals surface area contributed by atoms with Crippen molar-refractivity contribution in [2.24, 2.45) is 5.92 Å². The van der Waals surface area contributed by atoms with E-state index < -0.39 is 0 Å². The normalized spacial score (nSPS) is 15.6. The Hall–Kier alpha value is -1.19. The zero-order chi connectivity index (χ0) is 14.8. The highest BCUT2D eigenvalue weighted by Gasteiger charge is 2.32. The van der Waals surface area contributed by atoms with E-state index in [-0.39, 0.29) is 0 Å². The van der Waals surface area contributed by atoms with E-state index in [4.69, 9.17) is 16.3 Å². The Morgan fingerprint density at radius 1 is 1.19 bits per heavy atom. The quantitative estimate of drug-likeness (QED) is 0.735. The van der Waals surface area contributed by atoms with Gasteiger partial charge in [0.2, 0.25) is 0 Å². The molecule has 0 saturated heterocycles. The first-order valence-corrected chi connectivity index (χ1v) is 8.20. The van der Waals surface area contributed by atoms with Gasteiger partial charge < -0.3 is 10.1 Å². The van der Waals surface area contributed by atoms with Gasteiger partial charge in [-0.25, -0.2) is 0 Å². The van der Waals surface area contributed by atoms with Crippen LogP contribution in [0.1, 0.15) is 24.4 Å². The Balaban J connectivity index is 1.82. The minimum atomic E-state index is 0.327. The van der Waals surface area contributed by atoms with Crippen molar-refractivity contribution in [3.05, 3.63) is 57.5 Å². The van der Waals surface area contributed by atoms with E-state index in [2.05, 4.69) is 39.4 Å². The molecule has 1 aliphatic carbocycles. The summed E-state index contributed by atoms with van der Waals surface area (Å²) in [5, 5.41) is 4.34. The summed E-state index contributed by atoms with van der Waals surface area (Å²) in [7, 11) is 1.69. The van der Waals surface area contributed by atoms with Crippen LogP contribution in [-0.4, -0.2) is 7.11 Å². The van der Waals surface area contributed by atoms with Crippen molar-refractivity contribution in [2.75, 3.05) is 12.4 Å². The van der Waals surface area contributed by atoms with Crippen molar-refractivity contribution in [1.29, 1.82) is 0 Å². The summed E-state index contributed by atoms with van der Waals surface area (Å²) in [6.07, 6.45) is 2.54. The largest absolute Gasteiger partial charge is 0.497 e. The Morgan fingerprint density at radius 3 is 2.48 bits per heavy atom. The summed E-state index contributed by atoms with van der Waals surface area (Å²) >= 11 is 9.60. The number of nitrogens with one attached hydrogen (secondary N) is 1. The Bertz CT molecular complexity index is 625. The van der Waals surface area contributed by atoms with Gasteiger partial charge in [-0.3, -0.25) is 0 Å². The number of benzene rings is 2. The van der Waals surface area contributed by atoms with Crippen molar-refractivity contribution < 1.29 is 4.74 Å². The maximum absolute atomic E-state index is 6.17. The van der Waals surface area contributed by atoms with Crippen LogP contribution in [-0.2, 0) is 0 Å². The van der Waals surface area contributed by atoms with Crippen LogP contribution >= 0.6 is 27.5 Å². The Kier molecular flexibility index (Phi) is 4.41. The predicted molar refractivity (Wildman–Crippen MR) is 91.2 cm³/mol. The second kappa shape index (κ2) is 6.29. The number of anilines is 1. The second-order valence-corrected chi connectivity index (χ2v) is 6.62. The molecule has 21 heavy (non-hydrogen) atoms. The second-order valence-electron chi connectivity index (χ2n) is 5.36. The SMILES string of the molecule is COc1ccc(C(Nc2ccc(Br)c(Cl)c2)C2CC2)cc1. The van der Waals surface area contributed by atoms with Crippen LogP contribution in [0.25, 0.3) is 0 Å². The van der Waals surface area contributed by atoms with Gasteiger partial charge in [0.15, 0.2) is 0 Å². The first-order chi connectivity index (χ1) is 10.2. The third-order valence-corrected chi connectivity index (χ3v) is 5.04. The van der Waals surface area contributed by atoms with Crippen molar-refractivity contribution >= 4 is 33.2 Å². The third kappa shape index (κ3) is 3.53. The molecule has 1 unspecified atom stereocenters. The summed E-state index contributed by atoms with van der Waals surface area (Å²) < 4.78 is 6.15. The number of halogens is 2. The number of ether oxygens (including phenoxy) is 1. The highest BCUT2D eigenvalue weighted by molar-refractivity contribution is 9.10. The zero-order valence-electron chi connectivity index (χ0n) is 11.8. The standard InChI is InChI=1S/C17H17BrClNO/c1-21-14-7-4-12(5-8-14)17(11-2-3-11)20-13-6-9-15(18)16(19)10-13/h4-11,17,20H,2-3H2,1H3. The van der Waals surface area contributed by atoms with E-state index in [0.29, 0.717) is 12.0 Å². The van der Waals surface area contributed by atoms with E-state index in [9.17, 15) is 0 Å². The first-order valence-electron chi connectivity index (χ1n) is 7.03. The number of hydrogen-bond donors (Lipinski definition) is 1. The highest BCUT2D eigenvalue weighted by Crippen LogP contribution is 2.43. The van der Waals surface area contributed by atoms with Gasteiger partial charge in [0.05, 0.1) is 18.2 Å². The van der Waals surface area contributed by atoms with E-state index in [1.165, 1.54) is 18.4 Å². The molecule has 4 heteroatoms. The number of methoxy groups -OCH3 is 1. The minimum Gasteiger partial charge on any atom is -0.497 e. The lowest BCUT2D eigenvalue weighted by Gasteiger charge is -2.20. The fourth-order valence-corrected chi connectivity index (χ4v) is 2.91. The van der Waals surface area contributed by atoms with Crippen molar-refractivity contribution in [1.82, 2.24) is 0 Å². The lowest BCUT2D eigenvalue weighted by molar-refractivity contribution is 0.414. The Morgan fingerprint density at radius 2 is 1.90 bits per heavy atom. The molecular formula is C17H17BrClNO. The number of rotatable bonds is 5. The maximum atomic E-state index is 6.17. The molecule has 0 aliphatic heterocycles. The molecule has 0 aromatic heterocycles. The Labute approximate surface area is 138 Å². The summed E-state index contributed by atoms with van der Waals surface area (Å²) in [6.45, 7) is 0. The van der Waals surface area contributed by atoms with Gasteiger partial charge in [-0.15, -0.1) is 0 Å². The van der Waals surface area contributed by atoms with Crippen LogP contribution in [0.2, 0.25) is 5.02 Å². The summed E-state index contributed by atoms with van der Waals surface area (Å²) in [5.41, 5.74) is 2.34. The summed E-state index contributed by atoms with van der Waals surface area (Å²) in [5.74, 6) is 1.58. The molecule has 1 fully saturated rings. The van der Waals surface area contributed by atoms with Gasteiger partial charge in [0, 0.05) is 10.2 Å². The van der Waals surface area contributed by atoms with Crippen LogP contribution in [0.3, 0.4) is 0 Å². The summed E-state index contributed by atoms with van der Waals surface area (Å²) in [6, 6.07) is 14.6. The highest BCUT2D eigenvalue weighted by atomic mass is 79.9. The molecule has 2 aromatic rings.